The fraction of sp³-hybridized carbons (Fsp3) is 0.167. The molecule has 21 heavy (non-hydrogen) atoms. The smallest absolute Gasteiger partial charge is 0.239 e. The molecule has 2 heterocycles. The highest BCUT2D eigenvalue weighted by Crippen LogP contribution is 2.29. The molecule has 3 N–H and O–H groups in total. The number of carbonyl (C=O) groups is 1. The summed E-state index contributed by atoms with van der Waals surface area (Å²) in [6.07, 6.45) is 0. The van der Waals surface area contributed by atoms with Crippen LogP contribution in [0.1, 0.15) is 6.92 Å². The first kappa shape index (κ1) is 14.2. The molecule has 0 aliphatic carbocycles. The molecular formula is C12H11N5OS3. The second-order valence-electron chi connectivity index (χ2n) is 4.20. The minimum absolute atomic E-state index is 0.109. The number of fused-ring (bicyclic) bond motifs is 1. The van der Waals surface area contributed by atoms with Crippen molar-refractivity contribution in [3.05, 3.63) is 23.7 Å². The lowest BCUT2D eigenvalue weighted by Gasteiger charge is -2.07. The molecule has 1 unspecified atom stereocenters. The number of thiazole rings is 1. The Kier molecular flexibility index (Phi) is 4.04. The Labute approximate surface area is 132 Å². The first-order valence-corrected chi connectivity index (χ1v) is 8.59. The zero-order valence-electron chi connectivity index (χ0n) is 10.9. The zero-order chi connectivity index (χ0) is 14.8. The van der Waals surface area contributed by atoms with Gasteiger partial charge in [-0.3, -0.25) is 4.79 Å². The van der Waals surface area contributed by atoms with Crippen molar-refractivity contribution >= 4 is 61.4 Å². The molecule has 3 aromatic rings. The topological polar surface area (TPSA) is 93.8 Å². The van der Waals surface area contributed by atoms with Crippen LogP contribution in [0.2, 0.25) is 0 Å². The third-order valence-corrected chi connectivity index (χ3v) is 5.47. The van der Waals surface area contributed by atoms with E-state index in [4.69, 9.17) is 5.73 Å². The zero-order valence-corrected chi connectivity index (χ0v) is 13.4. The summed E-state index contributed by atoms with van der Waals surface area (Å²) in [7, 11) is 0. The lowest BCUT2D eigenvalue weighted by atomic mass is 10.3. The number of nitrogen functional groups attached to an aromatic ring is 1. The van der Waals surface area contributed by atoms with Crippen LogP contribution in [0.5, 0.6) is 0 Å². The number of carbonyl (C=O) groups excluding carboxylic acids is 1. The van der Waals surface area contributed by atoms with E-state index in [1.54, 1.807) is 11.6 Å². The van der Waals surface area contributed by atoms with Crippen LogP contribution >= 0.6 is 34.4 Å². The first-order valence-electron chi connectivity index (χ1n) is 6.01. The summed E-state index contributed by atoms with van der Waals surface area (Å²) in [6, 6.07) is 5.49. The summed E-state index contributed by atoms with van der Waals surface area (Å²) < 4.78 is 1.73. The molecule has 0 aliphatic rings. The van der Waals surface area contributed by atoms with Crippen LogP contribution in [0, 0.1) is 0 Å². The number of thioether (sulfide) groups is 1. The molecule has 1 amide bonds. The molecule has 3 rings (SSSR count). The average molecular weight is 337 g/mol. The fourth-order valence-corrected chi connectivity index (χ4v) is 4.16. The highest BCUT2D eigenvalue weighted by Gasteiger charge is 2.17. The molecule has 108 valence electrons. The molecule has 1 aromatic carbocycles. The van der Waals surface area contributed by atoms with E-state index < -0.39 is 0 Å². The van der Waals surface area contributed by atoms with Crippen molar-refractivity contribution in [3.8, 4) is 0 Å². The van der Waals surface area contributed by atoms with Crippen molar-refractivity contribution in [2.24, 2.45) is 0 Å². The number of nitrogens with zero attached hydrogens (tertiary/aromatic N) is 3. The van der Waals surface area contributed by atoms with Crippen LogP contribution in [-0.2, 0) is 4.79 Å². The Morgan fingerprint density at radius 2 is 2.33 bits per heavy atom. The molecule has 2 aromatic heterocycles. The van der Waals surface area contributed by atoms with E-state index in [1.165, 1.54) is 34.4 Å². The van der Waals surface area contributed by atoms with Gasteiger partial charge in [-0.25, -0.2) is 4.98 Å². The summed E-state index contributed by atoms with van der Waals surface area (Å²) in [4.78, 5) is 16.5. The van der Waals surface area contributed by atoms with Crippen LogP contribution in [0.25, 0.3) is 10.2 Å². The maximum atomic E-state index is 12.1. The van der Waals surface area contributed by atoms with Gasteiger partial charge in [0.25, 0.3) is 0 Å². The molecule has 0 aliphatic heterocycles. The Morgan fingerprint density at radius 3 is 3.10 bits per heavy atom. The minimum Gasteiger partial charge on any atom is -0.399 e. The SMILES string of the molecule is CC(Sc1nncs1)C(=O)Nc1nc2ccc(N)cc2s1. The largest absolute Gasteiger partial charge is 0.399 e. The molecule has 0 spiro atoms. The molecule has 0 bridgehead atoms. The number of hydrogen-bond acceptors (Lipinski definition) is 8. The van der Waals surface area contributed by atoms with Crippen LogP contribution in [0.3, 0.4) is 0 Å². The number of hydrogen-bond donors (Lipinski definition) is 2. The average Bonchev–Trinajstić information content (AvgIpc) is 3.07. The lowest BCUT2D eigenvalue weighted by molar-refractivity contribution is -0.115. The van der Waals surface area contributed by atoms with Gasteiger partial charge in [-0.2, -0.15) is 0 Å². The maximum absolute atomic E-state index is 12.1. The quantitative estimate of drug-likeness (QED) is 0.561. The highest BCUT2D eigenvalue weighted by atomic mass is 32.2. The van der Waals surface area contributed by atoms with Crippen LogP contribution < -0.4 is 11.1 Å². The Hall–Kier alpha value is -1.71. The van der Waals surface area contributed by atoms with Gasteiger partial charge >= 0.3 is 0 Å². The molecule has 9 heteroatoms. The Balaban J connectivity index is 1.70. The number of aromatic nitrogens is 3. The minimum atomic E-state index is -0.268. The van der Waals surface area contributed by atoms with Crippen LogP contribution in [0.4, 0.5) is 10.8 Å². The normalized spacial score (nSPS) is 12.4. The summed E-state index contributed by atoms with van der Waals surface area (Å²) in [6.45, 7) is 1.83. The van der Waals surface area contributed by atoms with E-state index >= 15 is 0 Å². The van der Waals surface area contributed by atoms with Gasteiger partial charge in [0.1, 0.15) is 5.51 Å². The number of rotatable bonds is 4. The van der Waals surface area contributed by atoms with Gasteiger partial charge < -0.3 is 11.1 Å². The van der Waals surface area contributed by atoms with E-state index in [0.29, 0.717) is 10.8 Å². The number of benzene rings is 1. The molecule has 0 radical (unpaired) electrons. The lowest BCUT2D eigenvalue weighted by Crippen LogP contribution is -2.22. The van der Waals surface area contributed by atoms with Gasteiger partial charge in [-0.15, -0.1) is 10.2 Å². The molecule has 0 saturated heterocycles. The number of anilines is 2. The van der Waals surface area contributed by atoms with E-state index in [2.05, 4.69) is 20.5 Å². The third kappa shape index (κ3) is 3.31. The van der Waals surface area contributed by atoms with Gasteiger partial charge in [0.2, 0.25) is 5.91 Å². The van der Waals surface area contributed by atoms with Crippen molar-refractivity contribution in [1.82, 2.24) is 15.2 Å². The van der Waals surface area contributed by atoms with Crippen molar-refractivity contribution in [2.45, 2.75) is 16.5 Å². The highest BCUT2D eigenvalue weighted by molar-refractivity contribution is 8.02. The Morgan fingerprint density at radius 1 is 1.48 bits per heavy atom. The maximum Gasteiger partial charge on any atom is 0.239 e. The molecule has 1 atom stereocenters. The fourth-order valence-electron chi connectivity index (χ4n) is 1.62. The predicted octanol–water partition coefficient (Wildman–Crippen LogP) is 2.85. The second-order valence-corrected chi connectivity index (χ2v) is 7.65. The molecule has 0 fully saturated rings. The van der Waals surface area contributed by atoms with Crippen LogP contribution in [0.15, 0.2) is 28.0 Å². The molecule has 0 saturated carbocycles. The van der Waals surface area contributed by atoms with Crippen LogP contribution in [-0.4, -0.2) is 26.3 Å². The monoisotopic (exact) mass is 337 g/mol. The predicted molar refractivity (Wildman–Crippen MR) is 87.9 cm³/mol. The second kappa shape index (κ2) is 5.96. The molecule has 6 nitrogen and oxygen atoms in total. The van der Waals surface area contributed by atoms with E-state index in [0.717, 1.165) is 14.6 Å². The van der Waals surface area contributed by atoms with Crippen molar-refractivity contribution in [2.75, 3.05) is 11.1 Å². The van der Waals surface area contributed by atoms with Gasteiger partial charge in [0.15, 0.2) is 9.47 Å². The standard InChI is InChI=1S/C12H11N5OS3/c1-6(20-12-17-14-5-19-12)10(18)16-11-15-8-3-2-7(13)4-9(8)21-11/h2-6H,13H2,1H3,(H,15,16,18). The van der Waals surface area contributed by atoms with Gasteiger partial charge in [-0.05, 0) is 25.1 Å². The van der Waals surface area contributed by atoms with E-state index in [9.17, 15) is 4.79 Å². The summed E-state index contributed by atoms with van der Waals surface area (Å²) in [5.74, 6) is -0.109. The summed E-state index contributed by atoms with van der Waals surface area (Å²) in [5.41, 5.74) is 8.89. The number of nitrogens with one attached hydrogen (secondary N) is 1. The molecular weight excluding hydrogens is 326 g/mol. The number of nitrogens with two attached hydrogens (primary N) is 1. The first-order chi connectivity index (χ1) is 10.1. The van der Waals surface area contributed by atoms with Gasteiger partial charge in [0, 0.05) is 5.69 Å². The van der Waals surface area contributed by atoms with Gasteiger partial charge in [-0.1, -0.05) is 34.4 Å². The third-order valence-electron chi connectivity index (χ3n) is 2.63. The van der Waals surface area contributed by atoms with E-state index in [1.807, 2.05) is 19.1 Å². The van der Waals surface area contributed by atoms with Crippen molar-refractivity contribution in [3.63, 3.8) is 0 Å². The van der Waals surface area contributed by atoms with Gasteiger partial charge in [0.05, 0.1) is 15.5 Å². The van der Waals surface area contributed by atoms with Crippen molar-refractivity contribution in [1.29, 1.82) is 0 Å². The number of amides is 1. The van der Waals surface area contributed by atoms with Crippen molar-refractivity contribution < 1.29 is 4.79 Å². The summed E-state index contributed by atoms with van der Waals surface area (Å²) >= 11 is 4.20. The Bertz CT molecular complexity index is 770. The van der Waals surface area contributed by atoms with E-state index in [-0.39, 0.29) is 11.2 Å². The summed E-state index contributed by atoms with van der Waals surface area (Å²) in [5, 5.41) is 10.8.